The van der Waals surface area contributed by atoms with Crippen molar-refractivity contribution in [2.24, 2.45) is 10.7 Å². The number of hydrogen-bond acceptors (Lipinski definition) is 3. The number of anilines is 1. The fraction of sp³-hybridized carbons (Fsp3) is 0.357. The number of aryl methyl sites for hydroxylation is 1. The number of urea groups is 1. The SMILES string of the molecule is CCc1cccc(NC(=O)N=C(N)N(C)CC(=O)OC)c1. The number of esters is 1. The van der Waals surface area contributed by atoms with E-state index in [4.69, 9.17) is 5.73 Å². The molecule has 0 saturated heterocycles. The number of likely N-dealkylation sites (N-methyl/N-ethyl adjacent to an activating group) is 1. The Balaban J connectivity index is 2.66. The van der Waals surface area contributed by atoms with Gasteiger partial charge in [0.15, 0.2) is 0 Å². The van der Waals surface area contributed by atoms with Crippen molar-refractivity contribution in [2.75, 3.05) is 26.0 Å². The van der Waals surface area contributed by atoms with Gasteiger partial charge in [-0.3, -0.25) is 4.79 Å². The zero-order valence-corrected chi connectivity index (χ0v) is 12.4. The van der Waals surface area contributed by atoms with Gasteiger partial charge in [-0.05, 0) is 24.1 Å². The number of aliphatic imine (C=N–C) groups is 1. The number of nitrogens with one attached hydrogen (secondary N) is 1. The van der Waals surface area contributed by atoms with E-state index in [0.717, 1.165) is 12.0 Å². The Morgan fingerprint density at radius 1 is 1.43 bits per heavy atom. The molecule has 0 aliphatic rings. The van der Waals surface area contributed by atoms with Gasteiger partial charge in [-0.1, -0.05) is 19.1 Å². The topological polar surface area (TPSA) is 97.0 Å². The summed E-state index contributed by atoms with van der Waals surface area (Å²) in [5, 5.41) is 2.62. The minimum Gasteiger partial charge on any atom is -0.468 e. The van der Waals surface area contributed by atoms with Crippen LogP contribution in [0.1, 0.15) is 12.5 Å². The molecule has 1 aromatic carbocycles. The molecule has 0 heterocycles. The van der Waals surface area contributed by atoms with E-state index in [1.165, 1.54) is 12.0 Å². The molecule has 0 bridgehead atoms. The summed E-state index contributed by atoms with van der Waals surface area (Å²) >= 11 is 0. The first kappa shape index (κ1) is 16.5. The number of benzene rings is 1. The van der Waals surface area contributed by atoms with Crippen LogP contribution in [-0.4, -0.2) is 43.6 Å². The van der Waals surface area contributed by atoms with E-state index < -0.39 is 12.0 Å². The van der Waals surface area contributed by atoms with E-state index in [1.54, 1.807) is 13.1 Å². The summed E-state index contributed by atoms with van der Waals surface area (Å²) in [6.45, 7) is 1.95. The van der Waals surface area contributed by atoms with Crippen molar-refractivity contribution in [1.29, 1.82) is 0 Å². The number of methoxy groups -OCH3 is 1. The molecule has 0 radical (unpaired) electrons. The van der Waals surface area contributed by atoms with E-state index in [-0.39, 0.29) is 12.5 Å². The average molecular weight is 292 g/mol. The number of amides is 2. The summed E-state index contributed by atoms with van der Waals surface area (Å²) in [6, 6.07) is 6.85. The maximum atomic E-state index is 11.8. The van der Waals surface area contributed by atoms with Crippen LogP contribution in [0.2, 0.25) is 0 Å². The molecule has 1 rings (SSSR count). The Morgan fingerprint density at radius 3 is 2.76 bits per heavy atom. The quantitative estimate of drug-likeness (QED) is 0.494. The lowest BCUT2D eigenvalue weighted by Gasteiger charge is -2.15. The molecular weight excluding hydrogens is 272 g/mol. The molecule has 3 N–H and O–H groups in total. The minimum atomic E-state index is -0.600. The number of ether oxygens (including phenoxy) is 1. The van der Waals surface area contributed by atoms with Crippen LogP contribution >= 0.6 is 0 Å². The summed E-state index contributed by atoms with van der Waals surface area (Å²) in [5.41, 5.74) is 7.39. The predicted octanol–water partition coefficient (Wildman–Crippen LogP) is 1.20. The van der Waals surface area contributed by atoms with Gasteiger partial charge in [-0.25, -0.2) is 4.79 Å². The van der Waals surface area contributed by atoms with Crippen LogP contribution in [0.25, 0.3) is 0 Å². The highest BCUT2D eigenvalue weighted by atomic mass is 16.5. The molecule has 1 aromatic rings. The summed E-state index contributed by atoms with van der Waals surface area (Å²) < 4.78 is 4.51. The van der Waals surface area contributed by atoms with Crippen LogP contribution in [0.3, 0.4) is 0 Å². The van der Waals surface area contributed by atoms with Crippen LogP contribution < -0.4 is 11.1 Å². The van der Waals surface area contributed by atoms with Gasteiger partial charge in [0, 0.05) is 12.7 Å². The van der Waals surface area contributed by atoms with Crippen molar-refractivity contribution in [3.8, 4) is 0 Å². The van der Waals surface area contributed by atoms with Gasteiger partial charge in [0.2, 0.25) is 5.96 Å². The van der Waals surface area contributed by atoms with E-state index in [1.807, 2.05) is 25.1 Å². The van der Waals surface area contributed by atoms with Gasteiger partial charge in [0.05, 0.1) is 7.11 Å². The molecule has 0 aliphatic heterocycles. The fourth-order valence-electron chi connectivity index (χ4n) is 1.55. The zero-order valence-electron chi connectivity index (χ0n) is 12.4. The van der Waals surface area contributed by atoms with Gasteiger partial charge in [0.1, 0.15) is 6.54 Å². The second-order valence-electron chi connectivity index (χ2n) is 4.39. The number of carbonyl (C=O) groups is 2. The van der Waals surface area contributed by atoms with Gasteiger partial charge in [0.25, 0.3) is 0 Å². The highest BCUT2D eigenvalue weighted by Gasteiger charge is 2.10. The molecular formula is C14H20N4O3. The second-order valence-corrected chi connectivity index (χ2v) is 4.39. The number of guanidine groups is 1. The molecule has 7 heteroatoms. The van der Waals surface area contributed by atoms with Gasteiger partial charge < -0.3 is 20.7 Å². The van der Waals surface area contributed by atoms with Crippen LogP contribution in [0.5, 0.6) is 0 Å². The van der Waals surface area contributed by atoms with Crippen molar-refractivity contribution in [3.63, 3.8) is 0 Å². The number of rotatable bonds is 4. The van der Waals surface area contributed by atoms with Crippen molar-refractivity contribution in [2.45, 2.75) is 13.3 Å². The lowest BCUT2D eigenvalue weighted by atomic mass is 10.1. The molecule has 0 aromatic heterocycles. The third-order valence-electron chi connectivity index (χ3n) is 2.79. The maximum absolute atomic E-state index is 11.8. The standard InChI is InChI=1S/C14H20N4O3/c1-4-10-6-5-7-11(8-10)16-14(20)17-13(15)18(2)9-12(19)21-3/h5-8H,4,9H2,1-3H3,(H3,15,16,17,20). The Morgan fingerprint density at radius 2 is 2.14 bits per heavy atom. The minimum absolute atomic E-state index is 0.0652. The molecule has 0 spiro atoms. The molecule has 114 valence electrons. The number of hydrogen-bond donors (Lipinski definition) is 2. The molecule has 7 nitrogen and oxygen atoms in total. The summed E-state index contributed by atoms with van der Waals surface area (Å²) in [6.07, 6.45) is 0.872. The van der Waals surface area contributed by atoms with Gasteiger partial charge in [-0.2, -0.15) is 4.99 Å². The number of carbonyl (C=O) groups excluding carboxylic acids is 2. The average Bonchev–Trinajstić information content (AvgIpc) is 2.46. The zero-order chi connectivity index (χ0) is 15.8. The van der Waals surface area contributed by atoms with Crippen molar-refractivity contribution < 1.29 is 14.3 Å². The first-order valence-corrected chi connectivity index (χ1v) is 6.48. The van der Waals surface area contributed by atoms with Crippen LogP contribution in [0.15, 0.2) is 29.3 Å². The Bertz CT molecular complexity index is 543. The Hall–Kier alpha value is -2.57. The molecule has 0 aliphatic carbocycles. The van der Waals surface area contributed by atoms with Crippen LogP contribution in [-0.2, 0) is 16.0 Å². The predicted molar refractivity (Wildman–Crippen MR) is 81.1 cm³/mol. The van der Waals surface area contributed by atoms with E-state index >= 15 is 0 Å². The van der Waals surface area contributed by atoms with Crippen LogP contribution in [0.4, 0.5) is 10.5 Å². The third kappa shape index (κ3) is 5.52. The van der Waals surface area contributed by atoms with Crippen molar-refractivity contribution in [3.05, 3.63) is 29.8 Å². The fourth-order valence-corrected chi connectivity index (χ4v) is 1.55. The van der Waals surface area contributed by atoms with Crippen molar-refractivity contribution >= 4 is 23.6 Å². The monoisotopic (exact) mass is 292 g/mol. The largest absolute Gasteiger partial charge is 0.468 e. The highest BCUT2D eigenvalue weighted by molar-refractivity contribution is 5.99. The molecule has 0 saturated carbocycles. The summed E-state index contributed by atoms with van der Waals surface area (Å²) in [4.78, 5) is 27.9. The lowest BCUT2D eigenvalue weighted by molar-refractivity contribution is -0.140. The van der Waals surface area contributed by atoms with Crippen molar-refractivity contribution in [1.82, 2.24) is 4.90 Å². The Labute approximate surface area is 123 Å². The third-order valence-corrected chi connectivity index (χ3v) is 2.79. The maximum Gasteiger partial charge on any atom is 0.348 e. The van der Waals surface area contributed by atoms with Crippen LogP contribution in [0, 0.1) is 0 Å². The molecule has 0 unspecified atom stereocenters. The van der Waals surface area contributed by atoms with E-state index in [2.05, 4.69) is 15.0 Å². The molecule has 0 atom stereocenters. The Kier molecular flexibility index (Phi) is 6.19. The number of nitrogens with zero attached hydrogens (tertiary/aromatic N) is 2. The molecule has 2 amide bonds. The lowest BCUT2D eigenvalue weighted by Crippen LogP contribution is -2.39. The van der Waals surface area contributed by atoms with Gasteiger partial charge in [-0.15, -0.1) is 0 Å². The summed E-state index contributed by atoms with van der Waals surface area (Å²) in [5.74, 6) is -0.531. The number of nitrogens with two attached hydrogens (primary N) is 1. The normalized spacial score (nSPS) is 10.9. The second kappa shape index (κ2) is 7.88. The molecule has 21 heavy (non-hydrogen) atoms. The first-order valence-electron chi connectivity index (χ1n) is 6.48. The van der Waals surface area contributed by atoms with Gasteiger partial charge >= 0.3 is 12.0 Å². The van der Waals surface area contributed by atoms with E-state index in [0.29, 0.717) is 5.69 Å². The molecule has 0 fully saturated rings. The summed E-state index contributed by atoms with van der Waals surface area (Å²) in [7, 11) is 2.82. The smallest absolute Gasteiger partial charge is 0.348 e. The van der Waals surface area contributed by atoms with E-state index in [9.17, 15) is 9.59 Å². The first-order chi connectivity index (χ1) is 9.96. The highest BCUT2D eigenvalue weighted by Crippen LogP contribution is 2.11.